The summed E-state index contributed by atoms with van der Waals surface area (Å²) in [6.45, 7) is 6.11. The number of hydrogen-bond donors (Lipinski definition) is 1. The summed E-state index contributed by atoms with van der Waals surface area (Å²) < 4.78 is 5.48. The van der Waals surface area contributed by atoms with Gasteiger partial charge in [-0.15, -0.1) is 0 Å². The Kier molecular flexibility index (Phi) is 5.40. The van der Waals surface area contributed by atoms with E-state index < -0.39 is 0 Å². The Morgan fingerprint density at radius 2 is 2.29 bits per heavy atom. The first-order valence-corrected chi connectivity index (χ1v) is 5.35. The first-order valence-electron chi connectivity index (χ1n) is 5.35. The molecular formula is C10H23N3O. The lowest BCUT2D eigenvalue weighted by molar-refractivity contribution is -0.00819. The SMILES string of the molecule is CNCC1COCCN1CCN(C)C. The van der Waals surface area contributed by atoms with Crippen LogP contribution in [0.15, 0.2) is 0 Å². The second-order valence-electron chi connectivity index (χ2n) is 4.13. The van der Waals surface area contributed by atoms with Gasteiger partial charge in [0.15, 0.2) is 0 Å². The molecule has 0 aromatic heterocycles. The third-order valence-electron chi connectivity index (χ3n) is 2.62. The van der Waals surface area contributed by atoms with E-state index in [1.54, 1.807) is 0 Å². The summed E-state index contributed by atoms with van der Waals surface area (Å²) >= 11 is 0. The highest BCUT2D eigenvalue weighted by molar-refractivity contribution is 4.77. The minimum Gasteiger partial charge on any atom is -0.378 e. The molecule has 0 aromatic carbocycles. The van der Waals surface area contributed by atoms with Gasteiger partial charge in [0, 0.05) is 32.2 Å². The molecule has 14 heavy (non-hydrogen) atoms. The average molecular weight is 201 g/mol. The van der Waals surface area contributed by atoms with Crippen LogP contribution in [0.2, 0.25) is 0 Å². The van der Waals surface area contributed by atoms with Crippen LogP contribution in [0.4, 0.5) is 0 Å². The number of hydrogen-bond acceptors (Lipinski definition) is 4. The summed E-state index contributed by atoms with van der Waals surface area (Å²) in [5.41, 5.74) is 0. The Balaban J connectivity index is 2.30. The van der Waals surface area contributed by atoms with Crippen LogP contribution in [0.1, 0.15) is 0 Å². The lowest BCUT2D eigenvalue weighted by Gasteiger charge is -2.36. The Hall–Kier alpha value is -0.160. The molecule has 1 aliphatic heterocycles. The first-order chi connectivity index (χ1) is 6.74. The number of rotatable bonds is 5. The molecule has 4 heteroatoms. The molecule has 0 amide bonds. The fourth-order valence-corrected chi connectivity index (χ4v) is 1.74. The maximum Gasteiger partial charge on any atom is 0.0634 e. The molecule has 0 aliphatic carbocycles. The Labute approximate surface area is 87.2 Å². The van der Waals surface area contributed by atoms with Gasteiger partial charge in [-0.1, -0.05) is 0 Å². The third-order valence-corrected chi connectivity index (χ3v) is 2.62. The predicted octanol–water partition coefficient (Wildman–Crippen LogP) is -0.532. The summed E-state index contributed by atoms with van der Waals surface area (Å²) in [7, 11) is 6.24. The summed E-state index contributed by atoms with van der Waals surface area (Å²) in [6.07, 6.45) is 0. The lowest BCUT2D eigenvalue weighted by Crippen LogP contribution is -2.51. The number of morpholine rings is 1. The molecule has 1 rings (SSSR count). The van der Waals surface area contributed by atoms with Crippen molar-refractivity contribution in [3.05, 3.63) is 0 Å². The van der Waals surface area contributed by atoms with Crippen LogP contribution in [-0.2, 0) is 4.74 Å². The van der Waals surface area contributed by atoms with Gasteiger partial charge in [0.2, 0.25) is 0 Å². The van der Waals surface area contributed by atoms with E-state index in [0.29, 0.717) is 6.04 Å². The summed E-state index contributed by atoms with van der Waals surface area (Å²) in [4.78, 5) is 4.74. The highest BCUT2D eigenvalue weighted by Crippen LogP contribution is 2.05. The van der Waals surface area contributed by atoms with E-state index in [4.69, 9.17) is 4.74 Å². The summed E-state index contributed by atoms with van der Waals surface area (Å²) in [6, 6.07) is 0.550. The minimum absolute atomic E-state index is 0.550. The topological polar surface area (TPSA) is 27.7 Å². The van der Waals surface area contributed by atoms with Gasteiger partial charge in [0.1, 0.15) is 0 Å². The van der Waals surface area contributed by atoms with Crippen LogP contribution in [0.5, 0.6) is 0 Å². The van der Waals surface area contributed by atoms with Crippen molar-refractivity contribution < 1.29 is 4.74 Å². The highest BCUT2D eigenvalue weighted by Gasteiger charge is 2.21. The van der Waals surface area contributed by atoms with E-state index in [-0.39, 0.29) is 0 Å². The molecular weight excluding hydrogens is 178 g/mol. The van der Waals surface area contributed by atoms with Crippen molar-refractivity contribution in [2.24, 2.45) is 0 Å². The molecule has 1 fully saturated rings. The van der Waals surface area contributed by atoms with Crippen LogP contribution in [0.25, 0.3) is 0 Å². The number of ether oxygens (including phenoxy) is 1. The molecule has 0 radical (unpaired) electrons. The average Bonchev–Trinajstić information content (AvgIpc) is 2.17. The van der Waals surface area contributed by atoms with Gasteiger partial charge in [-0.25, -0.2) is 0 Å². The molecule has 1 N–H and O–H groups in total. The van der Waals surface area contributed by atoms with E-state index in [0.717, 1.165) is 39.4 Å². The van der Waals surface area contributed by atoms with Crippen LogP contribution in [0, 0.1) is 0 Å². The Morgan fingerprint density at radius 1 is 1.50 bits per heavy atom. The molecule has 0 saturated carbocycles. The maximum absolute atomic E-state index is 5.48. The lowest BCUT2D eigenvalue weighted by atomic mass is 10.2. The Bertz CT molecular complexity index is 150. The van der Waals surface area contributed by atoms with Crippen molar-refractivity contribution in [2.45, 2.75) is 6.04 Å². The molecule has 0 aromatic rings. The molecule has 0 bridgehead atoms. The largest absolute Gasteiger partial charge is 0.378 e. The van der Waals surface area contributed by atoms with Gasteiger partial charge in [-0.05, 0) is 21.1 Å². The highest BCUT2D eigenvalue weighted by atomic mass is 16.5. The zero-order valence-corrected chi connectivity index (χ0v) is 9.62. The standard InChI is InChI=1S/C10H23N3O/c1-11-8-10-9-14-7-6-13(10)5-4-12(2)3/h10-11H,4-9H2,1-3H3. The van der Waals surface area contributed by atoms with E-state index in [9.17, 15) is 0 Å². The van der Waals surface area contributed by atoms with Gasteiger partial charge < -0.3 is 15.0 Å². The minimum atomic E-state index is 0.550. The van der Waals surface area contributed by atoms with Gasteiger partial charge in [-0.3, -0.25) is 4.90 Å². The molecule has 1 atom stereocenters. The van der Waals surface area contributed by atoms with E-state index in [2.05, 4.69) is 29.2 Å². The fraction of sp³-hybridized carbons (Fsp3) is 1.00. The van der Waals surface area contributed by atoms with E-state index in [1.165, 1.54) is 0 Å². The van der Waals surface area contributed by atoms with Crippen molar-refractivity contribution in [1.29, 1.82) is 0 Å². The molecule has 84 valence electrons. The van der Waals surface area contributed by atoms with Gasteiger partial charge in [-0.2, -0.15) is 0 Å². The zero-order chi connectivity index (χ0) is 10.4. The predicted molar refractivity (Wildman–Crippen MR) is 58.7 cm³/mol. The molecule has 1 heterocycles. The molecule has 4 nitrogen and oxygen atoms in total. The normalized spacial score (nSPS) is 24.4. The molecule has 1 aliphatic rings. The van der Waals surface area contributed by atoms with Crippen molar-refractivity contribution in [2.75, 3.05) is 60.5 Å². The van der Waals surface area contributed by atoms with Gasteiger partial charge in [0.25, 0.3) is 0 Å². The molecule has 0 spiro atoms. The number of nitrogens with one attached hydrogen (secondary N) is 1. The van der Waals surface area contributed by atoms with Crippen LogP contribution < -0.4 is 5.32 Å². The van der Waals surface area contributed by atoms with Crippen LogP contribution >= 0.6 is 0 Å². The summed E-state index contributed by atoms with van der Waals surface area (Å²) in [5.74, 6) is 0. The number of likely N-dealkylation sites (N-methyl/N-ethyl adjacent to an activating group) is 2. The fourth-order valence-electron chi connectivity index (χ4n) is 1.74. The smallest absolute Gasteiger partial charge is 0.0634 e. The van der Waals surface area contributed by atoms with Crippen molar-refractivity contribution in [3.63, 3.8) is 0 Å². The van der Waals surface area contributed by atoms with Crippen LogP contribution in [0.3, 0.4) is 0 Å². The second kappa shape index (κ2) is 6.35. The van der Waals surface area contributed by atoms with Crippen molar-refractivity contribution in [3.8, 4) is 0 Å². The van der Waals surface area contributed by atoms with E-state index in [1.807, 2.05) is 7.05 Å². The quantitative estimate of drug-likeness (QED) is 0.647. The first kappa shape index (κ1) is 11.9. The van der Waals surface area contributed by atoms with Crippen LogP contribution in [-0.4, -0.2) is 76.4 Å². The van der Waals surface area contributed by atoms with Gasteiger partial charge in [0.05, 0.1) is 13.2 Å². The van der Waals surface area contributed by atoms with Gasteiger partial charge >= 0.3 is 0 Å². The zero-order valence-electron chi connectivity index (χ0n) is 9.62. The van der Waals surface area contributed by atoms with E-state index >= 15 is 0 Å². The maximum atomic E-state index is 5.48. The number of nitrogens with zero attached hydrogens (tertiary/aromatic N) is 2. The monoisotopic (exact) mass is 201 g/mol. The molecule has 1 saturated heterocycles. The van der Waals surface area contributed by atoms with Crippen molar-refractivity contribution in [1.82, 2.24) is 15.1 Å². The summed E-state index contributed by atoms with van der Waals surface area (Å²) in [5, 5.41) is 3.22. The second-order valence-corrected chi connectivity index (χ2v) is 4.13. The third kappa shape index (κ3) is 3.92. The molecule has 1 unspecified atom stereocenters. The van der Waals surface area contributed by atoms with Crippen molar-refractivity contribution >= 4 is 0 Å². The Morgan fingerprint density at radius 3 is 2.93 bits per heavy atom.